The number of nitrogens with zero attached hydrogens (tertiary/aromatic N) is 2. The number of nitrogens with one attached hydrogen (secondary N) is 1. The fourth-order valence-corrected chi connectivity index (χ4v) is 3.32. The van der Waals surface area contributed by atoms with Gasteiger partial charge in [0.2, 0.25) is 0 Å². The monoisotopic (exact) mass is 309 g/mol. The van der Waals surface area contributed by atoms with Crippen LogP contribution in [0.4, 0.5) is 11.4 Å². The van der Waals surface area contributed by atoms with Crippen LogP contribution in [0.1, 0.15) is 33.1 Å². The molecule has 1 aliphatic heterocycles. The maximum Gasteiger partial charge on any atom is 0.0659 e. The molecule has 0 bridgehead atoms. The molecule has 1 heterocycles. The van der Waals surface area contributed by atoms with E-state index < -0.39 is 0 Å². The van der Waals surface area contributed by atoms with Crippen molar-refractivity contribution < 1.29 is 0 Å². The SMILES string of the molecule is CC(C)N1CCCC(Nc2ccc(N(C)C)c(Cl)c2)CC1. The number of halogens is 1. The van der Waals surface area contributed by atoms with Crippen molar-refractivity contribution in [3.05, 3.63) is 23.2 Å². The maximum absolute atomic E-state index is 6.35. The van der Waals surface area contributed by atoms with E-state index in [1.807, 2.05) is 25.1 Å². The van der Waals surface area contributed by atoms with Gasteiger partial charge in [-0.3, -0.25) is 0 Å². The first-order valence-electron chi connectivity index (χ1n) is 7.95. The van der Waals surface area contributed by atoms with Crippen molar-refractivity contribution in [1.29, 1.82) is 0 Å². The van der Waals surface area contributed by atoms with E-state index in [9.17, 15) is 0 Å². The number of rotatable bonds is 4. The van der Waals surface area contributed by atoms with Crippen LogP contribution in [0.2, 0.25) is 5.02 Å². The predicted molar refractivity (Wildman–Crippen MR) is 93.7 cm³/mol. The van der Waals surface area contributed by atoms with Crippen molar-refractivity contribution in [1.82, 2.24) is 4.90 Å². The van der Waals surface area contributed by atoms with Crippen molar-refractivity contribution in [3.63, 3.8) is 0 Å². The van der Waals surface area contributed by atoms with Crippen LogP contribution >= 0.6 is 11.6 Å². The molecule has 1 aromatic carbocycles. The van der Waals surface area contributed by atoms with E-state index >= 15 is 0 Å². The van der Waals surface area contributed by atoms with E-state index in [2.05, 4.69) is 36.2 Å². The Morgan fingerprint density at radius 1 is 1.24 bits per heavy atom. The first kappa shape index (κ1) is 16.4. The Bertz CT molecular complexity index is 459. The fraction of sp³-hybridized carbons (Fsp3) is 0.647. The molecular weight excluding hydrogens is 282 g/mol. The van der Waals surface area contributed by atoms with E-state index in [0.717, 1.165) is 16.4 Å². The number of hydrogen-bond acceptors (Lipinski definition) is 3. The molecule has 118 valence electrons. The van der Waals surface area contributed by atoms with Gasteiger partial charge in [-0.05, 0) is 57.9 Å². The highest BCUT2D eigenvalue weighted by atomic mass is 35.5. The summed E-state index contributed by atoms with van der Waals surface area (Å²) in [7, 11) is 4.03. The molecule has 0 saturated carbocycles. The van der Waals surface area contributed by atoms with Gasteiger partial charge in [-0.2, -0.15) is 0 Å². The summed E-state index contributed by atoms with van der Waals surface area (Å²) >= 11 is 6.35. The number of benzene rings is 1. The summed E-state index contributed by atoms with van der Waals surface area (Å²) in [4.78, 5) is 4.61. The molecule has 1 aromatic rings. The summed E-state index contributed by atoms with van der Waals surface area (Å²) in [5, 5.41) is 4.47. The second-order valence-corrected chi connectivity index (χ2v) is 6.87. The van der Waals surface area contributed by atoms with Crippen LogP contribution in [0.5, 0.6) is 0 Å². The zero-order valence-corrected chi connectivity index (χ0v) is 14.5. The first-order chi connectivity index (χ1) is 9.97. The van der Waals surface area contributed by atoms with Gasteiger partial charge in [0.15, 0.2) is 0 Å². The molecule has 3 nitrogen and oxygen atoms in total. The topological polar surface area (TPSA) is 18.5 Å². The Hall–Kier alpha value is -0.930. The minimum absolute atomic E-state index is 0.551. The highest BCUT2D eigenvalue weighted by Crippen LogP contribution is 2.28. The predicted octanol–water partition coefficient (Wildman–Crippen LogP) is 4.08. The third kappa shape index (κ3) is 4.52. The maximum atomic E-state index is 6.35. The summed E-state index contributed by atoms with van der Waals surface area (Å²) in [5.74, 6) is 0. The van der Waals surface area contributed by atoms with Crippen molar-refractivity contribution >= 4 is 23.0 Å². The molecule has 0 aliphatic carbocycles. The van der Waals surface area contributed by atoms with E-state index in [1.165, 1.54) is 32.4 Å². The minimum atomic E-state index is 0.551. The van der Waals surface area contributed by atoms with Crippen LogP contribution in [0, 0.1) is 0 Å². The van der Waals surface area contributed by atoms with Gasteiger partial charge < -0.3 is 15.1 Å². The molecule has 4 heteroatoms. The number of hydrogen-bond donors (Lipinski definition) is 1. The van der Waals surface area contributed by atoms with E-state index in [4.69, 9.17) is 11.6 Å². The third-order valence-corrected chi connectivity index (χ3v) is 4.60. The lowest BCUT2D eigenvalue weighted by molar-refractivity contribution is 0.230. The first-order valence-corrected chi connectivity index (χ1v) is 8.32. The van der Waals surface area contributed by atoms with Crippen LogP contribution in [0.25, 0.3) is 0 Å². The molecule has 0 aromatic heterocycles. The van der Waals surface area contributed by atoms with Gasteiger partial charge in [-0.15, -0.1) is 0 Å². The summed E-state index contributed by atoms with van der Waals surface area (Å²) in [5.41, 5.74) is 2.20. The molecule has 0 amide bonds. The number of anilines is 2. The molecule has 1 saturated heterocycles. The molecule has 1 aliphatic rings. The van der Waals surface area contributed by atoms with E-state index in [1.54, 1.807) is 0 Å². The van der Waals surface area contributed by atoms with E-state index in [-0.39, 0.29) is 0 Å². The molecule has 1 atom stereocenters. The average Bonchev–Trinajstić information content (AvgIpc) is 2.64. The van der Waals surface area contributed by atoms with E-state index in [0.29, 0.717) is 12.1 Å². The van der Waals surface area contributed by atoms with Crippen LogP contribution in [-0.4, -0.2) is 44.2 Å². The van der Waals surface area contributed by atoms with Crippen molar-refractivity contribution in [2.45, 2.75) is 45.2 Å². The Morgan fingerprint density at radius 3 is 2.62 bits per heavy atom. The smallest absolute Gasteiger partial charge is 0.0659 e. The Balaban J connectivity index is 1.97. The van der Waals surface area contributed by atoms with Crippen LogP contribution in [-0.2, 0) is 0 Å². The van der Waals surface area contributed by atoms with Gasteiger partial charge in [-0.1, -0.05) is 11.6 Å². The zero-order chi connectivity index (χ0) is 15.4. The number of likely N-dealkylation sites (tertiary alicyclic amines) is 1. The summed E-state index contributed by atoms with van der Waals surface area (Å²) in [6.45, 7) is 6.97. The Labute approximate surface area is 134 Å². The standard InChI is InChI=1S/C17H28ClN3/c1-13(2)21-10-5-6-14(9-11-21)19-15-7-8-17(20(3)4)16(18)12-15/h7-8,12-14,19H,5-6,9-11H2,1-4H3. The van der Waals surface area contributed by atoms with Crippen LogP contribution in [0.15, 0.2) is 18.2 Å². The normalized spacial score (nSPS) is 20.4. The lowest BCUT2D eigenvalue weighted by Crippen LogP contribution is -2.32. The molecular formula is C17H28ClN3. The lowest BCUT2D eigenvalue weighted by Gasteiger charge is -2.24. The van der Waals surface area contributed by atoms with Crippen molar-refractivity contribution in [2.75, 3.05) is 37.4 Å². The van der Waals surface area contributed by atoms with Gasteiger partial charge in [0.25, 0.3) is 0 Å². The third-order valence-electron chi connectivity index (χ3n) is 4.29. The minimum Gasteiger partial charge on any atom is -0.382 e. The largest absolute Gasteiger partial charge is 0.382 e. The average molecular weight is 310 g/mol. The van der Waals surface area contributed by atoms with Crippen LogP contribution < -0.4 is 10.2 Å². The van der Waals surface area contributed by atoms with Gasteiger partial charge >= 0.3 is 0 Å². The molecule has 1 N–H and O–H groups in total. The second kappa shape index (κ2) is 7.37. The summed E-state index contributed by atoms with van der Waals surface area (Å²) in [6.07, 6.45) is 3.70. The lowest BCUT2D eigenvalue weighted by atomic mass is 10.1. The van der Waals surface area contributed by atoms with Gasteiger partial charge in [0.05, 0.1) is 10.7 Å². The quantitative estimate of drug-likeness (QED) is 0.904. The van der Waals surface area contributed by atoms with Crippen LogP contribution in [0.3, 0.4) is 0 Å². The molecule has 2 rings (SSSR count). The van der Waals surface area contributed by atoms with Crippen molar-refractivity contribution in [2.24, 2.45) is 0 Å². The molecule has 21 heavy (non-hydrogen) atoms. The fourth-order valence-electron chi connectivity index (χ4n) is 2.97. The van der Waals surface area contributed by atoms with Crippen molar-refractivity contribution in [3.8, 4) is 0 Å². The molecule has 1 fully saturated rings. The summed E-state index contributed by atoms with van der Waals surface area (Å²) in [6, 6.07) is 7.46. The Morgan fingerprint density at radius 2 is 2.00 bits per heavy atom. The van der Waals surface area contributed by atoms with Gasteiger partial charge in [-0.25, -0.2) is 0 Å². The summed E-state index contributed by atoms with van der Waals surface area (Å²) < 4.78 is 0. The zero-order valence-electron chi connectivity index (χ0n) is 13.7. The second-order valence-electron chi connectivity index (χ2n) is 6.46. The highest BCUT2D eigenvalue weighted by molar-refractivity contribution is 6.33. The molecule has 1 unspecified atom stereocenters. The molecule has 0 spiro atoms. The Kier molecular flexibility index (Phi) is 5.77. The molecule has 0 radical (unpaired) electrons. The van der Waals surface area contributed by atoms with Gasteiger partial charge in [0, 0.05) is 38.4 Å². The highest BCUT2D eigenvalue weighted by Gasteiger charge is 2.18. The van der Waals surface area contributed by atoms with Gasteiger partial charge in [0.1, 0.15) is 0 Å².